The first kappa shape index (κ1) is 25.3. The standard InChI is InChI=1S/C25H16BrCl2NO5S/c1-33-20-11-15(10-19(28)22(20)34-24(31)17-4-2-3-5-18(17)27)12-21-23(30)29(25(32)35-21)13-14-6-8-16(26)9-7-14/h2-12H,13H2,1H3/b21-12-. The van der Waals surface area contributed by atoms with Crippen molar-refractivity contribution in [3.8, 4) is 11.5 Å². The molecule has 1 aliphatic rings. The number of methoxy groups -OCH3 is 1. The average Bonchev–Trinajstić information content (AvgIpc) is 3.09. The van der Waals surface area contributed by atoms with Gasteiger partial charge < -0.3 is 9.47 Å². The number of benzene rings is 3. The SMILES string of the molecule is COc1cc(/C=C2\SC(=O)N(Cc3ccc(Br)cc3)C2=O)cc(Cl)c1OC(=O)c1ccccc1Cl. The second-order valence-corrected chi connectivity index (χ2v) is 10.0. The van der Waals surface area contributed by atoms with Gasteiger partial charge in [-0.05, 0) is 65.4 Å². The number of nitrogens with zero attached hydrogens (tertiary/aromatic N) is 1. The molecule has 0 unspecified atom stereocenters. The van der Waals surface area contributed by atoms with Crippen molar-refractivity contribution in [3.05, 3.63) is 96.8 Å². The topological polar surface area (TPSA) is 72.9 Å². The van der Waals surface area contributed by atoms with Gasteiger partial charge in [-0.2, -0.15) is 0 Å². The van der Waals surface area contributed by atoms with E-state index < -0.39 is 11.9 Å². The van der Waals surface area contributed by atoms with Crippen LogP contribution in [-0.4, -0.2) is 29.1 Å². The van der Waals surface area contributed by atoms with E-state index in [1.54, 1.807) is 30.3 Å². The predicted octanol–water partition coefficient (Wildman–Crippen LogP) is 7.22. The van der Waals surface area contributed by atoms with Gasteiger partial charge in [-0.1, -0.05) is 63.4 Å². The lowest BCUT2D eigenvalue weighted by molar-refractivity contribution is -0.123. The summed E-state index contributed by atoms with van der Waals surface area (Å²) >= 11 is 16.7. The van der Waals surface area contributed by atoms with E-state index in [9.17, 15) is 14.4 Å². The molecular weight excluding hydrogens is 577 g/mol. The molecule has 0 atom stereocenters. The highest BCUT2D eigenvalue weighted by Gasteiger charge is 2.35. The third-order valence-corrected chi connectivity index (χ3v) is 7.01. The summed E-state index contributed by atoms with van der Waals surface area (Å²) in [6.45, 7) is 0.163. The van der Waals surface area contributed by atoms with Crippen LogP contribution in [0.15, 0.2) is 70.0 Å². The summed E-state index contributed by atoms with van der Waals surface area (Å²) in [7, 11) is 1.40. The lowest BCUT2D eigenvalue weighted by Gasteiger charge is -2.13. The van der Waals surface area contributed by atoms with Crippen LogP contribution < -0.4 is 9.47 Å². The Morgan fingerprint density at radius 3 is 2.46 bits per heavy atom. The molecule has 35 heavy (non-hydrogen) atoms. The van der Waals surface area contributed by atoms with Crippen molar-refractivity contribution in [2.75, 3.05) is 7.11 Å². The molecule has 0 radical (unpaired) electrons. The number of imide groups is 1. The van der Waals surface area contributed by atoms with Gasteiger partial charge in [0.25, 0.3) is 11.1 Å². The number of halogens is 3. The summed E-state index contributed by atoms with van der Waals surface area (Å²) in [5.74, 6) is -0.914. The number of thioether (sulfide) groups is 1. The van der Waals surface area contributed by atoms with Gasteiger partial charge in [-0.25, -0.2) is 4.79 Å². The van der Waals surface area contributed by atoms with Crippen molar-refractivity contribution < 1.29 is 23.9 Å². The summed E-state index contributed by atoms with van der Waals surface area (Å²) in [4.78, 5) is 39.4. The summed E-state index contributed by atoms with van der Waals surface area (Å²) in [5, 5.41) is -0.0410. The minimum absolute atomic E-state index is 0.0135. The Balaban J connectivity index is 1.57. The molecule has 0 saturated carbocycles. The van der Waals surface area contributed by atoms with E-state index in [0.717, 1.165) is 21.8 Å². The second-order valence-electron chi connectivity index (χ2n) is 7.30. The van der Waals surface area contributed by atoms with Gasteiger partial charge >= 0.3 is 5.97 Å². The Bertz CT molecular complexity index is 1360. The summed E-state index contributed by atoms with van der Waals surface area (Å²) in [6, 6.07) is 16.9. The van der Waals surface area contributed by atoms with E-state index in [1.807, 2.05) is 24.3 Å². The van der Waals surface area contributed by atoms with Crippen molar-refractivity contribution in [1.29, 1.82) is 0 Å². The van der Waals surface area contributed by atoms with Gasteiger partial charge in [0.15, 0.2) is 11.5 Å². The van der Waals surface area contributed by atoms with Crippen LogP contribution in [0.25, 0.3) is 6.08 Å². The zero-order chi connectivity index (χ0) is 25.1. The molecule has 0 aliphatic carbocycles. The molecule has 0 spiro atoms. The number of esters is 1. The molecule has 1 fully saturated rings. The Morgan fingerprint density at radius 1 is 1.06 bits per heavy atom. The summed E-state index contributed by atoms with van der Waals surface area (Å²) in [5.41, 5.74) is 1.50. The number of rotatable bonds is 6. The number of ether oxygens (including phenoxy) is 2. The highest BCUT2D eigenvalue weighted by molar-refractivity contribution is 9.10. The van der Waals surface area contributed by atoms with Crippen molar-refractivity contribution in [3.63, 3.8) is 0 Å². The van der Waals surface area contributed by atoms with E-state index in [0.29, 0.717) is 5.56 Å². The fraction of sp³-hybridized carbons (Fsp3) is 0.0800. The normalized spacial score (nSPS) is 14.5. The van der Waals surface area contributed by atoms with E-state index in [1.165, 1.54) is 24.1 Å². The van der Waals surface area contributed by atoms with Crippen LogP contribution >= 0.6 is 50.9 Å². The zero-order valence-electron chi connectivity index (χ0n) is 18.1. The molecule has 0 N–H and O–H groups in total. The summed E-state index contributed by atoms with van der Waals surface area (Å²) < 4.78 is 11.7. The van der Waals surface area contributed by atoms with Crippen LogP contribution in [0.2, 0.25) is 10.0 Å². The van der Waals surface area contributed by atoms with Gasteiger partial charge in [0, 0.05) is 4.47 Å². The van der Waals surface area contributed by atoms with Crippen LogP contribution in [0.1, 0.15) is 21.5 Å². The molecule has 10 heteroatoms. The van der Waals surface area contributed by atoms with Crippen molar-refractivity contribution >= 4 is 74.1 Å². The van der Waals surface area contributed by atoms with Crippen molar-refractivity contribution in [2.45, 2.75) is 6.54 Å². The monoisotopic (exact) mass is 591 g/mol. The lowest BCUT2D eigenvalue weighted by atomic mass is 10.1. The van der Waals surface area contributed by atoms with Gasteiger partial charge in [0.1, 0.15) is 0 Å². The number of amides is 2. The van der Waals surface area contributed by atoms with Crippen LogP contribution in [0.4, 0.5) is 4.79 Å². The summed E-state index contributed by atoms with van der Waals surface area (Å²) in [6.07, 6.45) is 1.54. The Morgan fingerprint density at radius 2 is 1.77 bits per heavy atom. The fourth-order valence-corrected chi connectivity index (χ4v) is 4.83. The maximum absolute atomic E-state index is 12.9. The molecule has 1 saturated heterocycles. The predicted molar refractivity (Wildman–Crippen MR) is 140 cm³/mol. The molecule has 2 amide bonds. The largest absolute Gasteiger partial charge is 0.493 e. The molecule has 0 aromatic heterocycles. The first-order valence-electron chi connectivity index (χ1n) is 10.1. The number of hydrogen-bond acceptors (Lipinski definition) is 6. The molecular formula is C25H16BrCl2NO5S. The fourth-order valence-electron chi connectivity index (χ4n) is 3.26. The number of hydrogen-bond donors (Lipinski definition) is 0. The molecule has 1 aliphatic heterocycles. The molecule has 6 nitrogen and oxygen atoms in total. The molecule has 1 heterocycles. The highest BCUT2D eigenvalue weighted by atomic mass is 79.9. The molecule has 4 rings (SSSR count). The maximum Gasteiger partial charge on any atom is 0.345 e. The van der Waals surface area contributed by atoms with E-state index >= 15 is 0 Å². The zero-order valence-corrected chi connectivity index (χ0v) is 22.0. The van der Waals surface area contributed by atoms with Crippen molar-refractivity contribution in [1.82, 2.24) is 4.90 Å². The van der Waals surface area contributed by atoms with E-state index in [-0.39, 0.29) is 43.8 Å². The Kier molecular flexibility index (Phi) is 7.86. The lowest BCUT2D eigenvalue weighted by Crippen LogP contribution is -2.27. The molecule has 178 valence electrons. The van der Waals surface area contributed by atoms with Gasteiger partial charge in [-0.3, -0.25) is 14.5 Å². The van der Waals surface area contributed by atoms with Crippen LogP contribution in [0, 0.1) is 0 Å². The highest BCUT2D eigenvalue weighted by Crippen LogP contribution is 2.40. The maximum atomic E-state index is 12.9. The van der Waals surface area contributed by atoms with Crippen LogP contribution in [-0.2, 0) is 11.3 Å². The first-order valence-corrected chi connectivity index (χ1v) is 12.5. The quantitative estimate of drug-likeness (QED) is 0.171. The third-order valence-electron chi connectivity index (χ3n) is 4.97. The Labute approximate surface area is 223 Å². The van der Waals surface area contributed by atoms with E-state index in [4.69, 9.17) is 32.7 Å². The average molecular weight is 593 g/mol. The molecule has 3 aromatic rings. The van der Waals surface area contributed by atoms with Gasteiger partial charge in [-0.15, -0.1) is 0 Å². The van der Waals surface area contributed by atoms with E-state index in [2.05, 4.69) is 15.9 Å². The van der Waals surface area contributed by atoms with Gasteiger partial charge in [0.05, 0.1) is 34.2 Å². The van der Waals surface area contributed by atoms with Crippen molar-refractivity contribution in [2.24, 2.45) is 0 Å². The third kappa shape index (κ3) is 5.73. The van der Waals surface area contributed by atoms with Crippen LogP contribution in [0.3, 0.4) is 0 Å². The second kappa shape index (κ2) is 10.9. The number of carbonyl (C=O) groups is 3. The minimum atomic E-state index is -0.697. The van der Waals surface area contributed by atoms with Crippen LogP contribution in [0.5, 0.6) is 11.5 Å². The molecule has 3 aromatic carbocycles. The minimum Gasteiger partial charge on any atom is -0.493 e. The van der Waals surface area contributed by atoms with Gasteiger partial charge in [0.2, 0.25) is 0 Å². The number of carbonyl (C=O) groups excluding carboxylic acids is 3. The first-order chi connectivity index (χ1) is 16.8. The Hall–Kier alpha value is -2.78. The molecule has 0 bridgehead atoms. The smallest absolute Gasteiger partial charge is 0.345 e.